The molecule has 0 aliphatic heterocycles. The van der Waals surface area contributed by atoms with E-state index in [2.05, 4.69) is 0 Å². The molecule has 6 heteroatoms. The van der Waals surface area contributed by atoms with Gasteiger partial charge in [0.15, 0.2) is 0 Å². The van der Waals surface area contributed by atoms with E-state index in [0.717, 1.165) is 12.0 Å². The fourth-order valence-corrected chi connectivity index (χ4v) is 1.50. The van der Waals surface area contributed by atoms with Crippen molar-refractivity contribution in [1.82, 2.24) is 0 Å². The zero-order chi connectivity index (χ0) is 13.9. The van der Waals surface area contributed by atoms with E-state index in [1.807, 2.05) is 12.1 Å². The smallest absolute Gasteiger partial charge is 0.423 e. The van der Waals surface area contributed by atoms with Crippen LogP contribution in [0.1, 0.15) is 12.0 Å². The van der Waals surface area contributed by atoms with Crippen molar-refractivity contribution in [3.63, 3.8) is 0 Å². The quantitative estimate of drug-likeness (QED) is 0.459. The lowest BCUT2D eigenvalue weighted by Gasteiger charge is -2.06. The van der Waals surface area contributed by atoms with Gasteiger partial charge in [0, 0.05) is 20.3 Å². The molecule has 0 unspecified atom stereocenters. The van der Waals surface area contributed by atoms with Gasteiger partial charge in [-0.3, -0.25) is 0 Å². The first kappa shape index (κ1) is 16.1. The molecular weight excluding hydrogens is 247 g/mol. The van der Waals surface area contributed by atoms with Gasteiger partial charge in [0.1, 0.15) is 0 Å². The van der Waals surface area contributed by atoms with Crippen molar-refractivity contribution in [3.05, 3.63) is 29.8 Å². The molecule has 0 aromatic heterocycles. The van der Waals surface area contributed by atoms with E-state index in [0.29, 0.717) is 38.5 Å². The summed E-state index contributed by atoms with van der Waals surface area (Å²) in [6.45, 7) is 2.99. The molecular formula is C13H21BO5. The molecule has 0 aliphatic rings. The molecule has 2 N–H and O–H groups in total. The molecule has 0 aliphatic carbocycles. The van der Waals surface area contributed by atoms with Crippen molar-refractivity contribution in [2.75, 3.05) is 33.5 Å². The topological polar surface area (TPSA) is 68.2 Å². The number of ether oxygens (including phenoxy) is 3. The number of hydrogen-bond acceptors (Lipinski definition) is 5. The highest BCUT2D eigenvalue weighted by atomic mass is 16.5. The first-order chi connectivity index (χ1) is 9.24. The number of rotatable bonds is 10. The Hall–Kier alpha value is -0.915. The van der Waals surface area contributed by atoms with Gasteiger partial charge in [0.2, 0.25) is 0 Å². The predicted molar refractivity (Wildman–Crippen MR) is 73.2 cm³/mol. The molecule has 0 fully saturated rings. The van der Waals surface area contributed by atoms with Crippen LogP contribution in [0.2, 0.25) is 0 Å². The van der Waals surface area contributed by atoms with Crippen LogP contribution in [0.4, 0.5) is 0 Å². The summed E-state index contributed by atoms with van der Waals surface area (Å²) in [7, 11) is 0.250. The molecule has 0 heterocycles. The highest BCUT2D eigenvalue weighted by Gasteiger charge is 2.09. The van der Waals surface area contributed by atoms with Crippen LogP contribution in [0.3, 0.4) is 0 Å². The first-order valence-corrected chi connectivity index (χ1v) is 6.33. The number of benzene rings is 1. The number of methoxy groups -OCH3 is 1. The van der Waals surface area contributed by atoms with Crippen molar-refractivity contribution < 1.29 is 24.3 Å². The summed E-state index contributed by atoms with van der Waals surface area (Å²) in [5.41, 5.74) is 1.47. The second kappa shape index (κ2) is 9.94. The van der Waals surface area contributed by atoms with Gasteiger partial charge in [-0.2, -0.15) is 0 Å². The van der Waals surface area contributed by atoms with Crippen LogP contribution in [-0.4, -0.2) is 50.7 Å². The Morgan fingerprint density at radius 2 is 1.63 bits per heavy atom. The maximum absolute atomic E-state index is 8.95. The van der Waals surface area contributed by atoms with E-state index >= 15 is 0 Å². The minimum Gasteiger partial charge on any atom is -0.423 e. The standard InChI is InChI=1S/C13H21BO5/c1-17-7-2-8-18-9-10-19-11-12-3-5-13(6-4-12)14(15)16/h3-6,15-16H,2,7-11H2,1H3. The van der Waals surface area contributed by atoms with E-state index < -0.39 is 7.12 Å². The average Bonchev–Trinajstić information content (AvgIpc) is 2.42. The Bertz CT molecular complexity index is 328. The zero-order valence-corrected chi connectivity index (χ0v) is 11.2. The summed E-state index contributed by atoms with van der Waals surface area (Å²) in [4.78, 5) is 0. The SMILES string of the molecule is COCCCOCCOCc1ccc(B(O)O)cc1. The van der Waals surface area contributed by atoms with Gasteiger partial charge in [0.05, 0.1) is 19.8 Å². The van der Waals surface area contributed by atoms with Gasteiger partial charge in [0.25, 0.3) is 0 Å². The summed E-state index contributed by atoms with van der Waals surface area (Å²) in [6.07, 6.45) is 0.890. The van der Waals surface area contributed by atoms with E-state index in [4.69, 9.17) is 24.3 Å². The van der Waals surface area contributed by atoms with Gasteiger partial charge in [-0.05, 0) is 17.4 Å². The lowest BCUT2D eigenvalue weighted by molar-refractivity contribution is 0.0337. The van der Waals surface area contributed by atoms with Gasteiger partial charge in [-0.15, -0.1) is 0 Å². The Morgan fingerprint density at radius 3 is 2.26 bits per heavy atom. The summed E-state index contributed by atoms with van der Waals surface area (Å²) in [5, 5.41) is 17.9. The Labute approximate surface area is 114 Å². The van der Waals surface area contributed by atoms with Crippen LogP contribution in [0.5, 0.6) is 0 Å². The first-order valence-electron chi connectivity index (χ1n) is 6.33. The van der Waals surface area contributed by atoms with Gasteiger partial charge < -0.3 is 24.3 Å². The van der Waals surface area contributed by atoms with Crippen molar-refractivity contribution >= 4 is 12.6 Å². The van der Waals surface area contributed by atoms with Gasteiger partial charge in [-0.25, -0.2) is 0 Å². The zero-order valence-electron chi connectivity index (χ0n) is 11.2. The molecule has 1 aromatic rings. The predicted octanol–water partition coefficient (Wildman–Crippen LogP) is -0.0639. The molecule has 19 heavy (non-hydrogen) atoms. The maximum atomic E-state index is 8.95. The van der Waals surface area contributed by atoms with Crippen LogP contribution >= 0.6 is 0 Å². The molecule has 0 radical (unpaired) electrons. The van der Waals surface area contributed by atoms with Crippen LogP contribution in [0.25, 0.3) is 0 Å². The minimum atomic E-state index is -1.42. The minimum absolute atomic E-state index is 0.477. The third-order valence-corrected chi connectivity index (χ3v) is 2.56. The maximum Gasteiger partial charge on any atom is 0.488 e. The van der Waals surface area contributed by atoms with Gasteiger partial charge in [-0.1, -0.05) is 24.3 Å². The lowest BCUT2D eigenvalue weighted by Crippen LogP contribution is -2.29. The fraction of sp³-hybridized carbons (Fsp3) is 0.538. The Kier molecular flexibility index (Phi) is 8.45. The summed E-state index contributed by atoms with van der Waals surface area (Å²) >= 11 is 0. The van der Waals surface area contributed by atoms with Crippen LogP contribution in [0.15, 0.2) is 24.3 Å². The molecule has 0 amide bonds. The van der Waals surface area contributed by atoms with Crippen molar-refractivity contribution in [1.29, 1.82) is 0 Å². The Balaban J connectivity index is 2.06. The highest BCUT2D eigenvalue weighted by Crippen LogP contribution is 1.99. The van der Waals surface area contributed by atoms with Crippen LogP contribution in [0, 0.1) is 0 Å². The Morgan fingerprint density at radius 1 is 0.947 bits per heavy atom. The summed E-state index contributed by atoms with van der Waals surface area (Å²) < 4.78 is 15.7. The monoisotopic (exact) mass is 268 g/mol. The van der Waals surface area contributed by atoms with Crippen molar-refractivity contribution in [2.45, 2.75) is 13.0 Å². The van der Waals surface area contributed by atoms with Crippen molar-refractivity contribution in [2.24, 2.45) is 0 Å². The normalized spacial score (nSPS) is 10.7. The molecule has 0 saturated carbocycles. The van der Waals surface area contributed by atoms with E-state index in [1.165, 1.54) is 0 Å². The molecule has 106 valence electrons. The molecule has 1 rings (SSSR count). The third-order valence-electron chi connectivity index (χ3n) is 2.56. The van der Waals surface area contributed by atoms with Gasteiger partial charge >= 0.3 is 7.12 Å². The van der Waals surface area contributed by atoms with Crippen LogP contribution in [-0.2, 0) is 20.8 Å². The highest BCUT2D eigenvalue weighted by molar-refractivity contribution is 6.58. The van der Waals surface area contributed by atoms with E-state index in [9.17, 15) is 0 Å². The lowest BCUT2D eigenvalue weighted by atomic mass is 9.80. The van der Waals surface area contributed by atoms with Crippen molar-refractivity contribution in [3.8, 4) is 0 Å². The molecule has 1 aromatic carbocycles. The van der Waals surface area contributed by atoms with Crippen LogP contribution < -0.4 is 5.46 Å². The largest absolute Gasteiger partial charge is 0.488 e. The molecule has 0 spiro atoms. The summed E-state index contributed by atoms with van der Waals surface area (Å²) in [5.74, 6) is 0. The average molecular weight is 268 g/mol. The molecule has 0 saturated heterocycles. The van der Waals surface area contributed by atoms with E-state index in [1.54, 1.807) is 19.2 Å². The van der Waals surface area contributed by atoms with E-state index in [-0.39, 0.29) is 0 Å². The molecule has 5 nitrogen and oxygen atoms in total. The molecule has 0 bridgehead atoms. The third kappa shape index (κ3) is 7.30. The second-order valence-electron chi connectivity index (χ2n) is 4.13. The second-order valence-corrected chi connectivity index (χ2v) is 4.13. The molecule has 0 atom stereocenters. The number of hydrogen-bond donors (Lipinski definition) is 2. The summed E-state index contributed by atoms with van der Waals surface area (Å²) in [6, 6.07) is 6.97. The fourth-order valence-electron chi connectivity index (χ4n) is 1.50.